The highest BCUT2D eigenvalue weighted by atomic mass is 35.5. The Balaban J connectivity index is 2.29. The van der Waals surface area contributed by atoms with Crippen LogP contribution in [0.15, 0.2) is 30.5 Å². The highest BCUT2D eigenvalue weighted by molar-refractivity contribution is 7.17. The molecule has 0 unspecified atom stereocenters. The molecule has 0 aliphatic heterocycles. The minimum absolute atomic E-state index is 0.456. The van der Waals surface area contributed by atoms with Crippen molar-refractivity contribution in [3.05, 3.63) is 46.1 Å². The smallest absolute Gasteiger partial charge is 0.194 e. The second kappa shape index (κ2) is 4.57. The second-order valence-corrected chi connectivity index (χ2v) is 5.90. The van der Waals surface area contributed by atoms with E-state index in [2.05, 4.69) is 16.3 Å². The second-order valence-electron chi connectivity index (χ2n) is 4.01. The molecule has 0 amide bonds. The molecule has 0 N–H and O–H groups in total. The normalized spacial score (nSPS) is 11.3. The number of thiazole rings is 1. The lowest BCUT2D eigenvalue weighted by molar-refractivity contribution is 1.11. The summed E-state index contributed by atoms with van der Waals surface area (Å²) in [6.07, 6.45) is 1.83. The first-order valence-corrected chi connectivity index (χ1v) is 7.21. The van der Waals surface area contributed by atoms with Gasteiger partial charge in [-0.2, -0.15) is 0 Å². The molecule has 18 heavy (non-hydrogen) atoms. The Morgan fingerprint density at radius 3 is 2.67 bits per heavy atom. The third-order valence-electron chi connectivity index (χ3n) is 2.86. The van der Waals surface area contributed by atoms with Crippen LogP contribution in [0.4, 0.5) is 0 Å². The fourth-order valence-electron chi connectivity index (χ4n) is 2.06. The molecular weight excluding hydrogens is 287 g/mol. The number of rotatable bonds is 2. The van der Waals surface area contributed by atoms with Gasteiger partial charge in [0, 0.05) is 9.90 Å². The van der Waals surface area contributed by atoms with Gasteiger partial charge in [-0.25, -0.2) is 4.98 Å². The van der Waals surface area contributed by atoms with Crippen molar-refractivity contribution in [2.45, 2.75) is 12.8 Å². The van der Waals surface area contributed by atoms with Crippen LogP contribution in [0.2, 0.25) is 5.02 Å². The molecule has 2 nitrogen and oxygen atoms in total. The Labute approximate surface area is 119 Å². The third kappa shape index (κ3) is 1.83. The topological polar surface area (TPSA) is 17.3 Å². The molecule has 0 aliphatic rings. The number of hydrogen-bond donors (Lipinski definition) is 0. The molecule has 0 fully saturated rings. The number of imidazole rings is 1. The average molecular weight is 297 g/mol. The van der Waals surface area contributed by atoms with Crippen LogP contribution >= 0.6 is 34.5 Å². The molecular formula is C13H10Cl2N2S. The maximum atomic E-state index is 5.96. The number of benzene rings is 1. The van der Waals surface area contributed by atoms with Crippen LogP contribution in [-0.2, 0) is 5.88 Å². The van der Waals surface area contributed by atoms with Crippen molar-refractivity contribution in [1.82, 2.24) is 9.38 Å². The molecule has 3 rings (SSSR count). The van der Waals surface area contributed by atoms with Crippen molar-refractivity contribution in [3.63, 3.8) is 0 Å². The van der Waals surface area contributed by atoms with Crippen LogP contribution in [0, 0.1) is 6.92 Å². The summed E-state index contributed by atoms with van der Waals surface area (Å²) < 4.78 is 2.12. The maximum Gasteiger partial charge on any atom is 0.194 e. The molecule has 0 aliphatic carbocycles. The average Bonchev–Trinajstić information content (AvgIpc) is 2.88. The van der Waals surface area contributed by atoms with Gasteiger partial charge in [-0.1, -0.05) is 23.7 Å². The van der Waals surface area contributed by atoms with Crippen LogP contribution < -0.4 is 0 Å². The fourth-order valence-corrected chi connectivity index (χ4v) is 3.36. The van der Waals surface area contributed by atoms with Gasteiger partial charge in [-0.15, -0.1) is 22.9 Å². The van der Waals surface area contributed by atoms with Gasteiger partial charge in [-0.3, -0.25) is 4.40 Å². The van der Waals surface area contributed by atoms with E-state index >= 15 is 0 Å². The Hall–Kier alpha value is -1.03. The lowest BCUT2D eigenvalue weighted by atomic mass is 10.1. The molecule has 0 atom stereocenters. The van der Waals surface area contributed by atoms with Crippen LogP contribution in [0.3, 0.4) is 0 Å². The van der Waals surface area contributed by atoms with Gasteiger partial charge in [0.1, 0.15) is 0 Å². The summed E-state index contributed by atoms with van der Waals surface area (Å²) in [5.74, 6) is 0.456. The van der Waals surface area contributed by atoms with E-state index in [1.165, 1.54) is 4.88 Å². The van der Waals surface area contributed by atoms with Gasteiger partial charge in [0.05, 0.1) is 23.5 Å². The van der Waals surface area contributed by atoms with E-state index in [1.54, 1.807) is 11.3 Å². The molecule has 92 valence electrons. The Bertz CT molecular complexity index is 698. The van der Waals surface area contributed by atoms with Gasteiger partial charge in [0.2, 0.25) is 0 Å². The van der Waals surface area contributed by atoms with Crippen LogP contribution in [-0.4, -0.2) is 9.38 Å². The lowest BCUT2D eigenvalue weighted by Crippen LogP contribution is -1.92. The Kier molecular flexibility index (Phi) is 3.06. The summed E-state index contributed by atoms with van der Waals surface area (Å²) in [4.78, 5) is 6.59. The molecule has 3 aromatic rings. The third-order valence-corrected chi connectivity index (χ3v) is 4.35. The Morgan fingerprint density at radius 1 is 1.28 bits per heavy atom. The number of hydrogen-bond acceptors (Lipinski definition) is 2. The summed E-state index contributed by atoms with van der Waals surface area (Å²) in [5, 5.41) is 0.742. The first-order chi connectivity index (χ1) is 8.70. The first kappa shape index (κ1) is 12.0. The van der Waals surface area contributed by atoms with Crippen molar-refractivity contribution in [1.29, 1.82) is 0 Å². The molecule has 0 radical (unpaired) electrons. The lowest BCUT2D eigenvalue weighted by Gasteiger charge is -2.04. The number of fused-ring (bicyclic) bond motifs is 1. The predicted octanol–water partition coefficient (Wildman–Crippen LogP) is 4.76. The number of aryl methyl sites for hydroxylation is 1. The van der Waals surface area contributed by atoms with E-state index in [1.807, 2.05) is 30.5 Å². The maximum absolute atomic E-state index is 5.96. The predicted molar refractivity (Wildman–Crippen MR) is 77.8 cm³/mol. The Morgan fingerprint density at radius 2 is 2.00 bits per heavy atom. The first-order valence-electron chi connectivity index (χ1n) is 5.48. The SMILES string of the molecule is Cc1sc2ncc(CCl)n2c1-c1ccc(Cl)cc1. The number of nitrogens with zero attached hydrogens (tertiary/aromatic N) is 2. The van der Waals surface area contributed by atoms with Gasteiger partial charge < -0.3 is 0 Å². The summed E-state index contributed by atoms with van der Waals surface area (Å²) in [7, 11) is 0. The molecule has 0 spiro atoms. The molecule has 2 heterocycles. The van der Waals surface area contributed by atoms with E-state index in [9.17, 15) is 0 Å². The van der Waals surface area contributed by atoms with E-state index in [0.717, 1.165) is 26.9 Å². The quantitative estimate of drug-likeness (QED) is 0.623. The summed E-state index contributed by atoms with van der Waals surface area (Å²) in [6, 6.07) is 7.85. The minimum atomic E-state index is 0.456. The van der Waals surface area contributed by atoms with Gasteiger partial charge >= 0.3 is 0 Å². The zero-order valence-electron chi connectivity index (χ0n) is 9.65. The van der Waals surface area contributed by atoms with Crippen LogP contribution in [0.25, 0.3) is 16.2 Å². The number of aromatic nitrogens is 2. The van der Waals surface area contributed by atoms with Crippen molar-refractivity contribution in [2.75, 3.05) is 0 Å². The van der Waals surface area contributed by atoms with Gasteiger partial charge in [0.25, 0.3) is 0 Å². The number of alkyl halides is 1. The standard InChI is InChI=1S/C13H10Cl2N2S/c1-8-12(9-2-4-10(15)5-3-9)17-11(6-14)7-16-13(17)18-8/h2-5,7H,6H2,1H3. The summed E-state index contributed by atoms with van der Waals surface area (Å²) in [5.41, 5.74) is 3.30. The monoisotopic (exact) mass is 296 g/mol. The summed E-state index contributed by atoms with van der Waals surface area (Å²) in [6.45, 7) is 2.10. The largest absolute Gasteiger partial charge is 0.286 e. The molecule has 1 aromatic carbocycles. The minimum Gasteiger partial charge on any atom is -0.286 e. The van der Waals surface area contributed by atoms with E-state index in [-0.39, 0.29) is 0 Å². The fraction of sp³-hybridized carbons (Fsp3) is 0.154. The zero-order chi connectivity index (χ0) is 12.7. The highest BCUT2D eigenvalue weighted by Gasteiger charge is 2.14. The van der Waals surface area contributed by atoms with E-state index in [0.29, 0.717) is 5.88 Å². The molecule has 0 bridgehead atoms. The van der Waals surface area contributed by atoms with E-state index in [4.69, 9.17) is 23.2 Å². The zero-order valence-corrected chi connectivity index (χ0v) is 12.0. The van der Waals surface area contributed by atoms with Gasteiger partial charge in [0.15, 0.2) is 4.96 Å². The molecule has 2 aromatic heterocycles. The molecule has 0 saturated carbocycles. The van der Waals surface area contributed by atoms with Crippen molar-refractivity contribution >= 4 is 39.5 Å². The summed E-state index contributed by atoms with van der Waals surface area (Å²) >= 11 is 13.6. The van der Waals surface area contributed by atoms with Crippen LogP contribution in [0.5, 0.6) is 0 Å². The van der Waals surface area contributed by atoms with Gasteiger partial charge in [-0.05, 0) is 24.6 Å². The van der Waals surface area contributed by atoms with Crippen molar-refractivity contribution < 1.29 is 0 Å². The molecule has 0 saturated heterocycles. The molecule has 5 heteroatoms. The van der Waals surface area contributed by atoms with E-state index < -0.39 is 0 Å². The highest BCUT2D eigenvalue weighted by Crippen LogP contribution is 2.33. The van der Waals surface area contributed by atoms with Crippen molar-refractivity contribution in [3.8, 4) is 11.3 Å². The number of halogens is 2. The van der Waals surface area contributed by atoms with Crippen molar-refractivity contribution in [2.24, 2.45) is 0 Å². The van der Waals surface area contributed by atoms with Crippen LogP contribution in [0.1, 0.15) is 10.6 Å².